The highest BCUT2D eigenvalue weighted by Gasteiger charge is 2.61. The molecule has 0 unspecified atom stereocenters. The molecule has 3 fully saturated rings. The largest absolute Gasteiger partial charge is 0.385 e. The summed E-state index contributed by atoms with van der Waals surface area (Å²) in [6.07, 6.45) is 8.86. The van der Waals surface area contributed by atoms with Gasteiger partial charge in [-0.2, -0.15) is 0 Å². The monoisotopic (exact) mass is 330 g/mol. The molecule has 0 aromatic heterocycles. The predicted molar refractivity (Wildman–Crippen MR) is 88.0 cm³/mol. The van der Waals surface area contributed by atoms with Crippen LogP contribution in [0.5, 0.6) is 0 Å². The third-order valence-electron chi connectivity index (χ3n) is 7.88. The summed E-state index contributed by atoms with van der Waals surface area (Å²) in [5, 5.41) is 10.1. The van der Waals surface area contributed by atoms with Gasteiger partial charge in [0.2, 0.25) is 0 Å². The lowest BCUT2D eigenvalue weighted by molar-refractivity contribution is -0.138. The first-order valence-corrected chi connectivity index (χ1v) is 9.30. The van der Waals surface area contributed by atoms with Crippen LogP contribution in [-0.2, 0) is 14.4 Å². The Bertz CT molecular complexity index is 623. The number of ketones is 1. The Morgan fingerprint density at radius 2 is 2.00 bits per heavy atom. The van der Waals surface area contributed by atoms with Gasteiger partial charge in [-0.3, -0.25) is 4.79 Å². The third kappa shape index (κ3) is 1.92. The summed E-state index contributed by atoms with van der Waals surface area (Å²) in [6, 6.07) is 0. The van der Waals surface area contributed by atoms with Gasteiger partial charge in [-0.15, -0.1) is 0 Å². The van der Waals surface area contributed by atoms with Gasteiger partial charge in [0.25, 0.3) is 0 Å². The lowest BCUT2D eigenvalue weighted by Gasteiger charge is -2.55. The van der Waals surface area contributed by atoms with Gasteiger partial charge in [0, 0.05) is 16.7 Å². The van der Waals surface area contributed by atoms with E-state index in [0.717, 1.165) is 56.7 Å². The zero-order valence-corrected chi connectivity index (χ0v) is 14.2. The Balaban J connectivity index is 1.72. The number of carbonyl (C=O) groups is 3. The van der Waals surface area contributed by atoms with E-state index in [1.54, 1.807) is 0 Å². The normalized spacial score (nSPS) is 50.3. The highest BCUT2D eigenvalue weighted by Crippen LogP contribution is 2.63. The number of aldehydes is 2. The molecule has 4 nitrogen and oxygen atoms in total. The maximum absolute atomic E-state index is 12.5. The smallest absolute Gasteiger partial charge is 0.167 e. The number of hydrogen-bond donors (Lipinski definition) is 1. The SMILES string of the molecule is C[C@]12CC[C@H]3[C@@H](CC=C4C[C@@H](C=O)CC[C@@]43C=O)[C@@H]1C[C@@H](O)C2=O. The first-order valence-electron chi connectivity index (χ1n) is 9.30. The van der Waals surface area contributed by atoms with E-state index in [2.05, 4.69) is 6.08 Å². The van der Waals surface area contributed by atoms with Crippen LogP contribution in [0, 0.1) is 34.5 Å². The average Bonchev–Trinajstić information content (AvgIpc) is 2.84. The molecule has 0 aromatic carbocycles. The molecule has 24 heavy (non-hydrogen) atoms. The van der Waals surface area contributed by atoms with E-state index >= 15 is 0 Å². The first kappa shape index (κ1) is 16.2. The van der Waals surface area contributed by atoms with E-state index in [4.69, 9.17) is 0 Å². The van der Waals surface area contributed by atoms with Crippen molar-refractivity contribution in [2.75, 3.05) is 0 Å². The van der Waals surface area contributed by atoms with Crippen LogP contribution in [0.25, 0.3) is 0 Å². The quantitative estimate of drug-likeness (QED) is 0.624. The van der Waals surface area contributed by atoms with Crippen LogP contribution >= 0.6 is 0 Å². The lowest BCUT2D eigenvalue weighted by atomic mass is 9.47. The number of allylic oxidation sites excluding steroid dienone is 2. The molecule has 3 saturated carbocycles. The zero-order chi connectivity index (χ0) is 17.1. The van der Waals surface area contributed by atoms with Gasteiger partial charge in [0.05, 0.1) is 0 Å². The second-order valence-electron chi connectivity index (χ2n) is 8.71. The second kappa shape index (κ2) is 5.35. The molecular weight excluding hydrogens is 304 g/mol. The molecule has 0 aliphatic heterocycles. The number of fused-ring (bicyclic) bond motifs is 5. The molecular formula is C20H26O4. The first-order chi connectivity index (χ1) is 11.5. The van der Waals surface area contributed by atoms with E-state index in [9.17, 15) is 19.5 Å². The van der Waals surface area contributed by atoms with Gasteiger partial charge in [0.15, 0.2) is 5.78 Å². The highest BCUT2D eigenvalue weighted by atomic mass is 16.3. The Hall–Kier alpha value is -1.29. The molecule has 1 N–H and O–H groups in total. The average molecular weight is 330 g/mol. The summed E-state index contributed by atoms with van der Waals surface area (Å²) < 4.78 is 0. The second-order valence-corrected chi connectivity index (χ2v) is 8.71. The number of aliphatic hydroxyl groups is 1. The molecule has 0 bridgehead atoms. The molecule has 7 atom stereocenters. The summed E-state index contributed by atoms with van der Waals surface area (Å²) >= 11 is 0. The Morgan fingerprint density at radius 1 is 1.21 bits per heavy atom. The van der Waals surface area contributed by atoms with Crippen molar-refractivity contribution in [3.05, 3.63) is 11.6 Å². The van der Waals surface area contributed by atoms with Crippen molar-refractivity contribution < 1.29 is 19.5 Å². The summed E-state index contributed by atoms with van der Waals surface area (Å²) in [5.41, 5.74) is 0.312. The molecule has 0 amide bonds. The van der Waals surface area contributed by atoms with E-state index in [-0.39, 0.29) is 23.5 Å². The fourth-order valence-electron chi connectivity index (χ4n) is 6.52. The molecule has 0 spiro atoms. The number of rotatable bonds is 2. The fraction of sp³-hybridized carbons (Fsp3) is 0.750. The predicted octanol–water partition coefficient (Wildman–Crippen LogP) is 2.48. The van der Waals surface area contributed by atoms with Crippen LogP contribution in [0.2, 0.25) is 0 Å². The minimum atomic E-state index is -0.831. The van der Waals surface area contributed by atoms with Gasteiger partial charge in [-0.25, -0.2) is 0 Å². The summed E-state index contributed by atoms with van der Waals surface area (Å²) in [6.45, 7) is 2.02. The van der Waals surface area contributed by atoms with Gasteiger partial charge < -0.3 is 14.7 Å². The molecule has 4 rings (SSSR count). The van der Waals surface area contributed by atoms with Crippen molar-refractivity contribution in [3.63, 3.8) is 0 Å². The summed E-state index contributed by atoms with van der Waals surface area (Å²) in [5.74, 6) is 0.790. The Labute approximate surface area is 142 Å². The summed E-state index contributed by atoms with van der Waals surface area (Å²) in [4.78, 5) is 35.9. The van der Waals surface area contributed by atoms with Crippen molar-refractivity contribution in [2.45, 2.75) is 58.0 Å². The van der Waals surface area contributed by atoms with Gasteiger partial charge in [-0.05, 0) is 62.7 Å². The maximum Gasteiger partial charge on any atom is 0.167 e. The van der Waals surface area contributed by atoms with Gasteiger partial charge in [-0.1, -0.05) is 18.6 Å². The van der Waals surface area contributed by atoms with Crippen molar-refractivity contribution in [1.82, 2.24) is 0 Å². The van der Waals surface area contributed by atoms with Crippen LogP contribution in [-0.4, -0.2) is 29.6 Å². The number of carbonyl (C=O) groups excluding carboxylic acids is 3. The van der Waals surface area contributed by atoms with Gasteiger partial charge in [0.1, 0.15) is 18.7 Å². The number of aliphatic hydroxyl groups excluding tert-OH is 1. The number of hydrogen-bond acceptors (Lipinski definition) is 4. The lowest BCUT2D eigenvalue weighted by Crippen LogP contribution is -2.52. The Kier molecular flexibility index (Phi) is 3.61. The van der Waals surface area contributed by atoms with E-state index < -0.39 is 16.9 Å². The van der Waals surface area contributed by atoms with Crippen LogP contribution in [0.4, 0.5) is 0 Å². The van der Waals surface area contributed by atoms with Crippen molar-refractivity contribution in [3.8, 4) is 0 Å². The van der Waals surface area contributed by atoms with Crippen molar-refractivity contribution >= 4 is 18.4 Å². The Morgan fingerprint density at radius 3 is 2.71 bits per heavy atom. The minimum absolute atomic E-state index is 0.00513. The highest BCUT2D eigenvalue weighted by molar-refractivity contribution is 5.91. The fourth-order valence-corrected chi connectivity index (χ4v) is 6.52. The van der Waals surface area contributed by atoms with Gasteiger partial charge >= 0.3 is 0 Å². The maximum atomic E-state index is 12.5. The van der Waals surface area contributed by atoms with Crippen molar-refractivity contribution in [2.24, 2.45) is 34.5 Å². The third-order valence-corrected chi connectivity index (χ3v) is 7.88. The molecule has 130 valence electrons. The van der Waals surface area contributed by atoms with Crippen LogP contribution < -0.4 is 0 Å². The minimum Gasteiger partial charge on any atom is -0.385 e. The molecule has 4 heteroatoms. The van der Waals surface area contributed by atoms with Crippen LogP contribution in [0.15, 0.2) is 11.6 Å². The molecule has 0 aromatic rings. The molecule has 0 radical (unpaired) electrons. The molecule has 4 aliphatic carbocycles. The topological polar surface area (TPSA) is 71.4 Å². The van der Waals surface area contributed by atoms with E-state index in [1.165, 1.54) is 0 Å². The van der Waals surface area contributed by atoms with Crippen LogP contribution in [0.3, 0.4) is 0 Å². The number of Topliss-reactive ketones (excluding diaryl/α,β-unsaturated/α-hetero) is 1. The van der Waals surface area contributed by atoms with E-state index in [1.807, 2.05) is 6.92 Å². The summed E-state index contributed by atoms with van der Waals surface area (Å²) in [7, 11) is 0. The molecule has 4 aliphatic rings. The van der Waals surface area contributed by atoms with E-state index in [0.29, 0.717) is 12.3 Å². The molecule has 0 heterocycles. The standard InChI is InChI=1S/C20H26O4/c1-19-6-5-15-14(16(19)9-17(23)18(19)24)3-2-13-8-12(10-21)4-7-20(13,15)11-22/h2,10-12,14-17,23H,3-9H2,1H3/t12-,14+,15-,16-,17+,19-,20+/m0/s1. The van der Waals surface area contributed by atoms with Crippen LogP contribution in [0.1, 0.15) is 51.9 Å². The van der Waals surface area contributed by atoms with Crippen molar-refractivity contribution in [1.29, 1.82) is 0 Å². The zero-order valence-electron chi connectivity index (χ0n) is 14.2. The molecule has 0 saturated heterocycles.